The van der Waals surface area contributed by atoms with Gasteiger partial charge in [-0.3, -0.25) is 4.79 Å². The standard InChI is InChI=1S/C19H18O10/c20-5-14-9(23)2-11(25)19(29-14)15-10(24)4-13-16(18(15)27)17(26)6-1-7(21)8(22)3-12(6)28-13/h1,3-4,9,11,14,19-25,27H,2,5H2/t9-,11+,14+,19+/m0/s1. The predicted octanol–water partition coefficient (Wildman–Crippen LogP) is 0.313. The normalized spacial score (nSPS) is 24.9. The molecule has 1 fully saturated rings. The Bertz CT molecular complexity index is 1170. The van der Waals surface area contributed by atoms with Crippen LogP contribution in [0.1, 0.15) is 18.1 Å². The summed E-state index contributed by atoms with van der Waals surface area (Å²) in [6, 6.07) is 3.05. The van der Waals surface area contributed by atoms with E-state index in [1.165, 1.54) is 0 Å². The van der Waals surface area contributed by atoms with Gasteiger partial charge in [-0.15, -0.1) is 0 Å². The molecule has 7 N–H and O–H groups in total. The zero-order valence-corrected chi connectivity index (χ0v) is 14.8. The van der Waals surface area contributed by atoms with E-state index in [9.17, 15) is 40.5 Å². The van der Waals surface area contributed by atoms with Crippen LogP contribution in [0.15, 0.2) is 27.4 Å². The molecule has 154 valence electrons. The van der Waals surface area contributed by atoms with Crippen LogP contribution in [0.25, 0.3) is 21.9 Å². The molecule has 0 saturated carbocycles. The molecule has 3 aromatic rings. The summed E-state index contributed by atoms with van der Waals surface area (Å²) in [6.45, 7) is -0.560. The molecule has 10 nitrogen and oxygen atoms in total. The van der Waals surface area contributed by atoms with E-state index in [4.69, 9.17) is 9.15 Å². The van der Waals surface area contributed by atoms with Gasteiger partial charge in [0.05, 0.1) is 29.8 Å². The maximum atomic E-state index is 12.9. The number of phenols is 4. The SMILES string of the molecule is O=c1c2cc(O)c(O)cc2oc2cc(O)c([C@@H]3O[C@H](CO)[C@@H](O)C[C@H]3O)c(O)c12. The number of hydrogen-bond acceptors (Lipinski definition) is 10. The zero-order chi connectivity index (χ0) is 21.0. The Morgan fingerprint density at radius 1 is 0.931 bits per heavy atom. The van der Waals surface area contributed by atoms with Crippen molar-refractivity contribution in [3.8, 4) is 23.0 Å². The Kier molecular flexibility index (Phi) is 4.50. The van der Waals surface area contributed by atoms with Crippen LogP contribution in [0.2, 0.25) is 0 Å². The topological polar surface area (TPSA) is 181 Å². The molecule has 0 radical (unpaired) electrons. The van der Waals surface area contributed by atoms with Crippen molar-refractivity contribution in [3.63, 3.8) is 0 Å². The van der Waals surface area contributed by atoms with Gasteiger partial charge in [0.15, 0.2) is 11.5 Å². The Morgan fingerprint density at radius 3 is 2.28 bits per heavy atom. The minimum Gasteiger partial charge on any atom is -0.507 e. The molecule has 29 heavy (non-hydrogen) atoms. The van der Waals surface area contributed by atoms with Crippen LogP contribution in [-0.4, -0.2) is 60.7 Å². The second kappa shape index (κ2) is 6.78. The van der Waals surface area contributed by atoms with E-state index in [1.54, 1.807) is 0 Å². The van der Waals surface area contributed by atoms with Crippen LogP contribution in [0, 0.1) is 0 Å². The molecule has 4 rings (SSSR count). The molecule has 0 aliphatic carbocycles. The largest absolute Gasteiger partial charge is 0.507 e. The van der Waals surface area contributed by atoms with E-state index < -0.39 is 59.4 Å². The van der Waals surface area contributed by atoms with Gasteiger partial charge in [0, 0.05) is 18.6 Å². The highest BCUT2D eigenvalue weighted by Crippen LogP contribution is 2.44. The Hall–Kier alpha value is -3.05. The first-order valence-corrected chi connectivity index (χ1v) is 8.72. The van der Waals surface area contributed by atoms with E-state index >= 15 is 0 Å². The minimum absolute atomic E-state index is 0.0817. The molecular formula is C19H18O10. The molecule has 1 aliphatic rings. The van der Waals surface area contributed by atoms with Crippen LogP contribution >= 0.6 is 0 Å². The zero-order valence-electron chi connectivity index (χ0n) is 14.8. The first kappa shape index (κ1) is 19.3. The van der Waals surface area contributed by atoms with Crippen molar-refractivity contribution in [3.05, 3.63) is 34.0 Å². The Morgan fingerprint density at radius 2 is 1.59 bits per heavy atom. The predicted molar refractivity (Wildman–Crippen MR) is 98.0 cm³/mol. The Labute approximate surface area is 162 Å². The van der Waals surface area contributed by atoms with Crippen LogP contribution < -0.4 is 5.43 Å². The minimum atomic E-state index is -1.34. The fraction of sp³-hybridized carbons (Fsp3) is 0.316. The van der Waals surface area contributed by atoms with E-state index in [0.717, 1.165) is 18.2 Å². The van der Waals surface area contributed by atoms with Crippen LogP contribution in [-0.2, 0) is 4.74 Å². The van der Waals surface area contributed by atoms with Gasteiger partial charge in [0.25, 0.3) is 0 Å². The molecule has 1 aliphatic heterocycles. The van der Waals surface area contributed by atoms with Gasteiger partial charge < -0.3 is 44.9 Å². The van der Waals surface area contributed by atoms with Crippen molar-refractivity contribution in [2.75, 3.05) is 6.61 Å². The molecule has 0 amide bonds. The molecule has 10 heteroatoms. The van der Waals surface area contributed by atoms with Crippen molar-refractivity contribution >= 4 is 21.9 Å². The highest BCUT2D eigenvalue weighted by atomic mass is 16.5. The highest BCUT2D eigenvalue weighted by molar-refractivity contribution is 5.96. The lowest BCUT2D eigenvalue weighted by molar-refractivity contribution is -0.182. The summed E-state index contributed by atoms with van der Waals surface area (Å²) in [5.41, 5.74) is -1.33. The summed E-state index contributed by atoms with van der Waals surface area (Å²) in [7, 11) is 0. The van der Waals surface area contributed by atoms with Crippen molar-refractivity contribution in [1.82, 2.24) is 0 Å². The van der Waals surface area contributed by atoms with Crippen LogP contribution in [0.4, 0.5) is 0 Å². The first-order valence-electron chi connectivity index (χ1n) is 8.72. The third kappa shape index (κ3) is 2.93. The number of aromatic hydroxyl groups is 4. The molecule has 4 atom stereocenters. The third-order valence-corrected chi connectivity index (χ3v) is 5.10. The smallest absolute Gasteiger partial charge is 0.204 e. The lowest BCUT2D eigenvalue weighted by atomic mass is 9.91. The number of rotatable bonds is 2. The van der Waals surface area contributed by atoms with E-state index in [0.29, 0.717) is 0 Å². The average Bonchev–Trinajstić information content (AvgIpc) is 2.65. The third-order valence-electron chi connectivity index (χ3n) is 5.10. The second-order valence-electron chi connectivity index (χ2n) is 6.95. The molecule has 2 aromatic carbocycles. The van der Waals surface area contributed by atoms with E-state index in [-0.39, 0.29) is 33.9 Å². The first-order chi connectivity index (χ1) is 13.7. The lowest BCUT2D eigenvalue weighted by Crippen LogP contribution is -2.44. The molecule has 1 aromatic heterocycles. The maximum absolute atomic E-state index is 12.9. The molecule has 0 unspecified atom stereocenters. The summed E-state index contributed by atoms with van der Waals surface area (Å²) in [5, 5.41) is 69.4. The lowest BCUT2D eigenvalue weighted by Gasteiger charge is -2.37. The summed E-state index contributed by atoms with van der Waals surface area (Å²) >= 11 is 0. The molecule has 0 spiro atoms. The monoisotopic (exact) mass is 406 g/mol. The second-order valence-corrected chi connectivity index (χ2v) is 6.95. The van der Waals surface area contributed by atoms with E-state index in [2.05, 4.69) is 0 Å². The van der Waals surface area contributed by atoms with Gasteiger partial charge in [-0.1, -0.05) is 0 Å². The van der Waals surface area contributed by atoms with Crippen molar-refractivity contribution in [1.29, 1.82) is 0 Å². The maximum Gasteiger partial charge on any atom is 0.204 e. The summed E-state index contributed by atoms with van der Waals surface area (Å²) in [6.07, 6.45) is -5.07. The number of aliphatic hydroxyl groups is 3. The fourth-order valence-corrected chi connectivity index (χ4v) is 3.62. The highest BCUT2D eigenvalue weighted by Gasteiger charge is 2.40. The average molecular weight is 406 g/mol. The number of hydrogen-bond donors (Lipinski definition) is 7. The summed E-state index contributed by atoms with van der Waals surface area (Å²) in [5.74, 6) is -2.33. The summed E-state index contributed by atoms with van der Waals surface area (Å²) in [4.78, 5) is 12.9. The number of aliphatic hydroxyl groups excluding tert-OH is 3. The fourth-order valence-electron chi connectivity index (χ4n) is 3.62. The number of phenolic OH excluding ortho intramolecular Hbond substituents is 4. The van der Waals surface area contributed by atoms with Crippen LogP contribution in [0.5, 0.6) is 23.0 Å². The Balaban J connectivity index is 1.97. The molecule has 1 saturated heterocycles. The molecule has 2 heterocycles. The quantitative estimate of drug-likeness (QED) is 0.231. The van der Waals surface area contributed by atoms with Gasteiger partial charge in [0.1, 0.15) is 40.3 Å². The number of ether oxygens (including phenoxy) is 1. The van der Waals surface area contributed by atoms with Gasteiger partial charge in [-0.25, -0.2) is 0 Å². The molecule has 0 bridgehead atoms. The molecular weight excluding hydrogens is 388 g/mol. The van der Waals surface area contributed by atoms with Crippen molar-refractivity contribution in [2.24, 2.45) is 0 Å². The van der Waals surface area contributed by atoms with Gasteiger partial charge in [0.2, 0.25) is 5.43 Å². The van der Waals surface area contributed by atoms with Gasteiger partial charge in [-0.2, -0.15) is 0 Å². The van der Waals surface area contributed by atoms with Crippen molar-refractivity contribution < 1.29 is 44.9 Å². The van der Waals surface area contributed by atoms with Crippen molar-refractivity contribution in [2.45, 2.75) is 30.8 Å². The van der Waals surface area contributed by atoms with E-state index in [1.807, 2.05) is 0 Å². The number of benzene rings is 2. The van der Waals surface area contributed by atoms with Gasteiger partial charge in [-0.05, 0) is 6.07 Å². The number of fused-ring (bicyclic) bond motifs is 2. The van der Waals surface area contributed by atoms with Gasteiger partial charge >= 0.3 is 0 Å². The van der Waals surface area contributed by atoms with Crippen LogP contribution in [0.3, 0.4) is 0 Å². The summed E-state index contributed by atoms with van der Waals surface area (Å²) < 4.78 is 10.9.